The van der Waals surface area contributed by atoms with E-state index in [1.54, 1.807) is 12.1 Å². The van der Waals surface area contributed by atoms with Gasteiger partial charge in [0.1, 0.15) is 0 Å². The van der Waals surface area contributed by atoms with Crippen LogP contribution in [0.1, 0.15) is 13.8 Å². The summed E-state index contributed by atoms with van der Waals surface area (Å²) in [6.45, 7) is 5.16. The van der Waals surface area contributed by atoms with Crippen LogP contribution < -0.4 is 10.0 Å². The Labute approximate surface area is 114 Å². The van der Waals surface area contributed by atoms with Crippen LogP contribution in [-0.4, -0.2) is 33.8 Å². The third-order valence-electron chi connectivity index (χ3n) is 2.49. The van der Waals surface area contributed by atoms with E-state index in [-0.39, 0.29) is 6.04 Å². The molecule has 1 atom stereocenters. The van der Waals surface area contributed by atoms with Crippen LogP contribution >= 0.6 is 11.8 Å². The van der Waals surface area contributed by atoms with Crippen molar-refractivity contribution < 1.29 is 8.42 Å². The van der Waals surface area contributed by atoms with Crippen molar-refractivity contribution >= 4 is 21.8 Å². The van der Waals surface area contributed by atoms with Gasteiger partial charge in [0.25, 0.3) is 0 Å². The van der Waals surface area contributed by atoms with Gasteiger partial charge in [-0.3, -0.25) is 0 Å². The summed E-state index contributed by atoms with van der Waals surface area (Å²) in [7, 11) is -3.43. The largest absolute Gasteiger partial charge is 0.313 e. The summed E-state index contributed by atoms with van der Waals surface area (Å²) in [6.07, 6.45) is 1.87. The Morgan fingerprint density at radius 2 is 2.00 bits per heavy atom. The minimum atomic E-state index is -3.43. The summed E-state index contributed by atoms with van der Waals surface area (Å²) in [5.74, 6) is 0. The average molecular weight is 288 g/mol. The molecule has 0 saturated heterocycles. The fourth-order valence-electron chi connectivity index (χ4n) is 1.57. The van der Waals surface area contributed by atoms with Crippen LogP contribution in [0.2, 0.25) is 0 Å². The summed E-state index contributed by atoms with van der Waals surface area (Å²) in [6, 6.07) is 7.14. The Morgan fingerprint density at radius 3 is 2.61 bits per heavy atom. The molecule has 0 aromatic heterocycles. The van der Waals surface area contributed by atoms with Gasteiger partial charge in [0.15, 0.2) is 0 Å². The molecule has 4 nitrogen and oxygen atoms in total. The van der Waals surface area contributed by atoms with Crippen molar-refractivity contribution in [2.24, 2.45) is 0 Å². The highest BCUT2D eigenvalue weighted by Gasteiger charge is 2.18. The van der Waals surface area contributed by atoms with E-state index < -0.39 is 10.0 Å². The lowest BCUT2D eigenvalue weighted by Gasteiger charge is -2.14. The fourth-order valence-corrected chi connectivity index (χ4v) is 3.85. The summed E-state index contributed by atoms with van der Waals surface area (Å²) >= 11 is 1.43. The van der Waals surface area contributed by atoms with Gasteiger partial charge in [0.05, 0.1) is 4.90 Å². The number of likely N-dealkylation sites (N-methyl/N-ethyl adjacent to an activating group) is 1. The monoisotopic (exact) mass is 288 g/mol. The first kappa shape index (κ1) is 15.5. The van der Waals surface area contributed by atoms with Gasteiger partial charge in [0.2, 0.25) is 10.0 Å². The van der Waals surface area contributed by atoms with Gasteiger partial charge >= 0.3 is 0 Å². The van der Waals surface area contributed by atoms with Crippen LogP contribution in [-0.2, 0) is 10.0 Å². The SMILES string of the molecule is CCN[C@H](C)CNS(=O)(=O)c1ccccc1SC. The second-order valence-corrected chi connectivity index (χ2v) is 6.54. The minimum absolute atomic E-state index is 0.117. The van der Waals surface area contributed by atoms with Crippen LogP contribution in [0.5, 0.6) is 0 Å². The highest BCUT2D eigenvalue weighted by Crippen LogP contribution is 2.23. The van der Waals surface area contributed by atoms with Crippen molar-refractivity contribution in [3.05, 3.63) is 24.3 Å². The minimum Gasteiger partial charge on any atom is -0.313 e. The Morgan fingerprint density at radius 1 is 1.33 bits per heavy atom. The Hall–Kier alpha value is -0.560. The maximum Gasteiger partial charge on any atom is 0.241 e. The summed E-state index contributed by atoms with van der Waals surface area (Å²) in [5.41, 5.74) is 0. The number of thioether (sulfide) groups is 1. The van der Waals surface area contributed by atoms with Crippen LogP contribution in [0.4, 0.5) is 0 Å². The molecule has 1 aromatic carbocycles. The predicted octanol–water partition coefficient (Wildman–Crippen LogP) is 1.68. The molecule has 0 radical (unpaired) electrons. The average Bonchev–Trinajstić information content (AvgIpc) is 2.37. The second kappa shape index (κ2) is 7.13. The van der Waals surface area contributed by atoms with Crippen LogP contribution in [0.25, 0.3) is 0 Å². The zero-order chi connectivity index (χ0) is 13.6. The first-order valence-electron chi connectivity index (χ1n) is 5.87. The lowest BCUT2D eigenvalue weighted by atomic mass is 10.3. The fraction of sp³-hybridized carbons (Fsp3) is 0.500. The maximum absolute atomic E-state index is 12.2. The van der Waals surface area contributed by atoms with Crippen LogP contribution in [0, 0.1) is 0 Å². The summed E-state index contributed by atoms with van der Waals surface area (Å²) < 4.78 is 27.0. The summed E-state index contributed by atoms with van der Waals surface area (Å²) in [4.78, 5) is 1.11. The number of rotatable bonds is 7. The van der Waals surface area contributed by atoms with Crippen molar-refractivity contribution in [3.8, 4) is 0 Å². The number of hydrogen-bond acceptors (Lipinski definition) is 4. The van der Waals surface area contributed by atoms with Gasteiger partial charge in [-0.05, 0) is 31.9 Å². The molecule has 0 heterocycles. The van der Waals surface area contributed by atoms with E-state index in [4.69, 9.17) is 0 Å². The van der Waals surface area contributed by atoms with Gasteiger partial charge in [-0.25, -0.2) is 13.1 Å². The molecule has 0 aliphatic rings. The highest BCUT2D eigenvalue weighted by molar-refractivity contribution is 7.99. The van der Waals surface area contributed by atoms with E-state index in [0.29, 0.717) is 11.4 Å². The quantitative estimate of drug-likeness (QED) is 0.750. The molecule has 0 unspecified atom stereocenters. The molecule has 0 fully saturated rings. The molecule has 2 N–H and O–H groups in total. The number of benzene rings is 1. The van der Waals surface area contributed by atoms with Crippen LogP contribution in [0.3, 0.4) is 0 Å². The van der Waals surface area contributed by atoms with E-state index in [1.165, 1.54) is 11.8 Å². The van der Waals surface area contributed by atoms with E-state index >= 15 is 0 Å². The highest BCUT2D eigenvalue weighted by atomic mass is 32.2. The second-order valence-electron chi connectivity index (χ2n) is 3.96. The zero-order valence-electron chi connectivity index (χ0n) is 10.9. The molecule has 0 saturated carbocycles. The van der Waals surface area contributed by atoms with Crippen molar-refractivity contribution in [1.82, 2.24) is 10.0 Å². The molecule has 1 aromatic rings. The number of hydrogen-bond donors (Lipinski definition) is 2. The van der Waals surface area contributed by atoms with E-state index in [9.17, 15) is 8.42 Å². The smallest absolute Gasteiger partial charge is 0.241 e. The Kier molecular flexibility index (Phi) is 6.14. The molecular weight excluding hydrogens is 268 g/mol. The van der Waals surface area contributed by atoms with E-state index in [2.05, 4.69) is 10.0 Å². The molecule has 1 rings (SSSR count). The van der Waals surface area contributed by atoms with Gasteiger partial charge < -0.3 is 5.32 Å². The zero-order valence-corrected chi connectivity index (χ0v) is 12.6. The Bertz CT molecular complexity index is 475. The molecule has 102 valence electrons. The Balaban J connectivity index is 2.80. The maximum atomic E-state index is 12.2. The molecule has 6 heteroatoms. The predicted molar refractivity (Wildman–Crippen MR) is 76.6 cm³/mol. The molecule has 0 amide bonds. The topological polar surface area (TPSA) is 58.2 Å². The van der Waals surface area contributed by atoms with E-state index in [0.717, 1.165) is 11.4 Å². The van der Waals surface area contributed by atoms with Crippen molar-refractivity contribution in [1.29, 1.82) is 0 Å². The molecule has 18 heavy (non-hydrogen) atoms. The van der Waals surface area contributed by atoms with Gasteiger partial charge in [0, 0.05) is 17.5 Å². The lowest BCUT2D eigenvalue weighted by Crippen LogP contribution is -2.38. The van der Waals surface area contributed by atoms with Crippen molar-refractivity contribution in [2.45, 2.75) is 29.7 Å². The summed E-state index contributed by atoms with van der Waals surface area (Å²) in [5, 5.41) is 3.17. The van der Waals surface area contributed by atoms with Crippen molar-refractivity contribution in [2.75, 3.05) is 19.3 Å². The van der Waals surface area contributed by atoms with Gasteiger partial charge in [-0.1, -0.05) is 19.1 Å². The molecular formula is C12H20N2O2S2. The third-order valence-corrected chi connectivity index (χ3v) is 4.90. The molecule has 0 aliphatic heterocycles. The van der Waals surface area contributed by atoms with Gasteiger partial charge in [-0.2, -0.15) is 0 Å². The normalized spacial score (nSPS) is 13.5. The third kappa shape index (κ3) is 4.28. The lowest BCUT2D eigenvalue weighted by molar-refractivity contribution is 0.535. The standard InChI is InChI=1S/C12H20N2O2S2/c1-4-13-10(2)9-14-18(15,16)12-8-6-5-7-11(12)17-3/h5-8,10,13-14H,4,9H2,1-3H3/t10-/m1/s1. The molecule has 0 aliphatic carbocycles. The van der Waals surface area contributed by atoms with E-state index in [1.807, 2.05) is 32.2 Å². The van der Waals surface area contributed by atoms with Crippen LogP contribution in [0.15, 0.2) is 34.1 Å². The number of nitrogens with one attached hydrogen (secondary N) is 2. The first-order valence-corrected chi connectivity index (χ1v) is 8.58. The number of sulfonamides is 1. The molecule has 0 spiro atoms. The molecule has 0 bridgehead atoms. The van der Waals surface area contributed by atoms with Gasteiger partial charge in [-0.15, -0.1) is 11.8 Å². The first-order chi connectivity index (χ1) is 8.51. The van der Waals surface area contributed by atoms with Crippen molar-refractivity contribution in [3.63, 3.8) is 0 Å².